The van der Waals surface area contributed by atoms with Gasteiger partial charge in [-0.05, 0) is 53.4 Å². The van der Waals surface area contributed by atoms with Crippen molar-refractivity contribution in [2.75, 3.05) is 7.11 Å². The molecule has 3 aromatic carbocycles. The van der Waals surface area contributed by atoms with E-state index in [0.717, 1.165) is 38.9 Å². The minimum atomic E-state index is -0.235. The fourth-order valence-corrected chi connectivity index (χ4v) is 3.31. The molecule has 0 spiro atoms. The monoisotopic (exact) mass is 357 g/mol. The Balaban J connectivity index is 1.66. The van der Waals surface area contributed by atoms with Crippen LogP contribution in [0.1, 0.15) is 11.1 Å². The summed E-state index contributed by atoms with van der Waals surface area (Å²) in [5, 5.41) is 0.853. The Morgan fingerprint density at radius 2 is 1.44 bits per heavy atom. The van der Waals surface area contributed by atoms with Gasteiger partial charge in [0.05, 0.1) is 17.8 Å². The van der Waals surface area contributed by atoms with Gasteiger partial charge in [-0.2, -0.15) is 0 Å². The number of nitrogens with zero attached hydrogens (tertiary/aromatic N) is 1. The van der Waals surface area contributed by atoms with Crippen molar-refractivity contribution in [2.24, 2.45) is 0 Å². The Morgan fingerprint density at radius 3 is 2.11 bits per heavy atom. The van der Waals surface area contributed by atoms with E-state index >= 15 is 0 Å². The van der Waals surface area contributed by atoms with E-state index in [9.17, 15) is 4.39 Å². The molecule has 2 nitrogen and oxygen atoms in total. The SMILES string of the molecule is COCc1ccc(-c2ccc(-c3cc(C)c4cc(F)ccc4n3)cc2)cc1. The molecule has 0 unspecified atom stereocenters. The first-order chi connectivity index (χ1) is 13.1. The molecule has 0 bridgehead atoms. The lowest BCUT2D eigenvalue weighted by molar-refractivity contribution is 0.185. The van der Waals surface area contributed by atoms with Crippen LogP contribution >= 0.6 is 0 Å². The topological polar surface area (TPSA) is 22.1 Å². The van der Waals surface area contributed by atoms with E-state index in [-0.39, 0.29) is 5.82 Å². The molecule has 0 atom stereocenters. The van der Waals surface area contributed by atoms with E-state index in [1.54, 1.807) is 13.2 Å². The van der Waals surface area contributed by atoms with Crippen LogP contribution in [-0.4, -0.2) is 12.1 Å². The zero-order valence-corrected chi connectivity index (χ0v) is 15.4. The molecular formula is C24H20FNO. The molecule has 0 saturated heterocycles. The van der Waals surface area contributed by atoms with Gasteiger partial charge in [0.1, 0.15) is 5.82 Å². The molecule has 1 aromatic heterocycles. The highest BCUT2D eigenvalue weighted by atomic mass is 19.1. The van der Waals surface area contributed by atoms with Gasteiger partial charge in [-0.25, -0.2) is 9.37 Å². The maximum absolute atomic E-state index is 13.5. The van der Waals surface area contributed by atoms with Crippen molar-refractivity contribution in [1.82, 2.24) is 4.98 Å². The van der Waals surface area contributed by atoms with Crippen LogP contribution < -0.4 is 0 Å². The number of rotatable bonds is 4. The molecule has 0 aliphatic carbocycles. The van der Waals surface area contributed by atoms with Gasteiger partial charge in [-0.3, -0.25) is 0 Å². The second-order valence-electron chi connectivity index (χ2n) is 6.69. The fourth-order valence-electron chi connectivity index (χ4n) is 3.31. The number of hydrogen-bond acceptors (Lipinski definition) is 2. The van der Waals surface area contributed by atoms with Gasteiger partial charge < -0.3 is 4.74 Å². The van der Waals surface area contributed by atoms with Crippen LogP contribution in [0.3, 0.4) is 0 Å². The van der Waals surface area contributed by atoms with Crippen molar-refractivity contribution in [2.45, 2.75) is 13.5 Å². The number of benzene rings is 3. The first kappa shape index (κ1) is 17.4. The fraction of sp³-hybridized carbons (Fsp3) is 0.125. The number of aryl methyl sites for hydroxylation is 1. The summed E-state index contributed by atoms with van der Waals surface area (Å²) < 4.78 is 18.6. The zero-order chi connectivity index (χ0) is 18.8. The van der Waals surface area contributed by atoms with Crippen molar-refractivity contribution >= 4 is 10.9 Å². The van der Waals surface area contributed by atoms with E-state index in [2.05, 4.69) is 48.5 Å². The second-order valence-corrected chi connectivity index (χ2v) is 6.69. The lowest BCUT2D eigenvalue weighted by atomic mass is 10.0. The van der Waals surface area contributed by atoms with Crippen LogP contribution in [0.4, 0.5) is 4.39 Å². The number of halogens is 1. The normalized spacial score (nSPS) is 11.1. The molecule has 4 aromatic rings. The Morgan fingerprint density at radius 1 is 0.815 bits per heavy atom. The number of hydrogen-bond donors (Lipinski definition) is 0. The lowest BCUT2D eigenvalue weighted by Gasteiger charge is -2.09. The van der Waals surface area contributed by atoms with E-state index < -0.39 is 0 Å². The molecule has 4 rings (SSSR count). The molecular weight excluding hydrogens is 337 g/mol. The molecule has 134 valence electrons. The summed E-state index contributed by atoms with van der Waals surface area (Å²) in [7, 11) is 1.70. The summed E-state index contributed by atoms with van der Waals surface area (Å²) in [5.74, 6) is -0.235. The highest BCUT2D eigenvalue weighted by Gasteiger charge is 2.07. The van der Waals surface area contributed by atoms with E-state index in [1.807, 2.05) is 13.0 Å². The number of pyridine rings is 1. The van der Waals surface area contributed by atoms with Crippen LogP contribution in [-0.2, 0) is 11.3 Å². The van der Waals surface area contributed by atoms with E-state index in [1.165, 1.54) is 17.7 Å². The summed E-state index contributed by atoms with van der Waals surface area (Å²) in [6.45, 7) is 2.61. The Bertz CT molecular complexity index is 1090. The number of aromatic nitrogens is 1. The van der Waals surface area contributed by atoms with Crippen LogP contribution in [0, 0.1) is 12.7 Å². The molecule has 0 amide bonds. The minimum Gasteiger partial charge on any atom is -0.380 e. The maximum atomic E-state index is 13.5. The third kappa shape index (κ3) is 3.60. The highest BCUT2D eigenvalue weighted by molar-refractivity contribution is 5.85. The molecule has 0 aliphatic rings. The van der Waals surface area contributed by atoms with Gasteiger partial charge in [0, 0.05) is 18.1 Å². The first-order valence-corrected chi connectivity index (χ1v) is 8.89. The first-order valence-electron chi connectivity index (χ1n) is 8.89. The minimum absolute atomic E-state index is 0.235. The van der Waals surface area contributed by atoms with Gasteiger partial charge in [-0.15, -0.1) is 0 Å². The van der Waals surface area contributed by atoms with Crippen LogP contribution in [0.2, 0.25) is 0 Å². The van der Waals surface area contributed by atoms with Gasteiger partial charge >= 0.3 is 0 Å². The van der Waals surface area contributed by atoms with Crippen molar-refractivity contribution in [3.05, 3.63) is 89.7 Å². The average Bonchev–Trinajstić information content (AvgIpc) is 2.69. The summed E-state index contributed by atoms with van der Waals surface area (Å²) in [4.78, 5) is 4.70. The Kier molecular flexibility index (Phi) is 4.69. The quantitative estimate of drug-likeness (QED) is 0.436. The predicted molar refractivity (Wildman–Crippen MR) is 108 cm³/mol. The largest absolute Gasteiger partial charge is 0.380 e. The van der Waals surface area contributed by atoms with Gasteiger partial charge in [-0.1, -0.05) is 48.5 Å². The molecule has 0 saturated carbocycles. The van der Waals surface area contributed by atoms with E-state index in [4.69, 9.17) is 9.72 Å². The summed E-state index contributed by atoms with van der Waals surface area (Å²) in [6.07, 6.45) is 0. The summed E-state index contributed by atoms with van der Waals surface area (Å²) in [5.41, 5.74) is 7.25. The van der Waals surface area contributed by atoms with Crippen molar-refractivity contribution in [1.29, 1.82) is 0 Å². The molecule has 0 fully saturated rings. The highest BCUT2D eigenvalue weighted by Crippen LogP contribution is 2.27. The number of methoxy groups -OCH3 is 1. The molecule has 27 heavy (non-hydrogen) atoms. The Labute approximate surface area is 158 Å². The molecule has 3 heteroatoms. The number of fused-ring (bicyclic) bond motifs is 1. The third-order valence-corrected chi connectivity index (χ3v) is 4.76. The lowest BCUT2D eigenvalue weighted by Crippen LogP contribution is -1.90. The van der Waals surface area contributed by atoms with Crippen molar-refractivity contribution < 1.29 is 9.13 Å². The van der Waals surface area contributed by atoms with Crippen molar-refractivity contribution in [3.8, 4) is 22.4 Å². The standard InChI is InChI=1S/C24H20FNO/c1-16-13-24(26-23-12-11-21(25)14-22(16)23)20-9-7-19(8-10-20)18-5-3-17(4-6-18)15-27-2/h3-14H,15H2,1-2H3. The Hall–Kier alpha value is -3.04. The van der Waals surface area contributed by atoms with E-state index in [0.29, 0.717) is 6.61 Å². The van der Waals surface area contributed by atoms with Crippen LogP contribution in [0.5, 0.6) is 0 Å². The number of ether oxygens (including phenoxy) is 1. The molecule has 0 N–H and O–H groups in total. The zero-order valence-electron chi connectivity index (χ0n) is 15.4. The van der Waals surface area contributed by atoms with Gasteiger partial charge in [0.15, 0.2) is 0 Å². The maximum Gasteiger partial charge on any atom is 0.123 e. The molecule has 1 heterocycles. The van der Waals surface area contributed by atoms with Gasteiger partial charge in [0.25, 0.3) is 0 Å². The smallest absolute Gasteiger partial charge is 0.123 e. The van der Waals surface area contributed by atoms with Crippen molar-refractivity contribution in [3.63, 3.8) is 0 Å². The average molecular weight is 357 g/mol. The predicted octanol–water partition coefficient (Wildman–Crippen LogP) is 6.16. The molecule has 0 radical (unpaired) electrons. The van der Waals surface area contributed by atoms with Crippen LogP contribution in [0.25, 0.3) is 33.3 Å². The van der Waals surface area contributed by atoms with Gasteiger partial charge in [0.2, 0.25) is 0 Å². The third-order valence-electron chi connectivity index (χ3n) is 4.76. The second kappa shape index (κ2) is 7.29. The summed E-state index contributed by atoms with van der Waals surface area (Å²) in [6, 6.07) is 23.5. The molecule has 0 aliphatic heterocycles. The van der Waals surface area contributed by atoms with Crippen LogP contribution in [0.15, 0.2) is 72.8 Å². The summed E-state index contributed by atoms with van der Waals surface area (Å²) >= 11 is 0.